The third kappa shape index (κ3) is 3.74. The Morgan fingerprint density at radius 1 is 0.607 bits per heavy atom. The van der Waals surface area contributed by atoms with Crippen LogP contribution in [0.25, 0.3) is 0 Å². The molecule has 10 unspecified atom stereocenters. The van der Waals surface area contributed by atoms with Crippen LogP contribution in [-0.4, -0.2) is 32.0 Å². The van der Waals surface area contributed by atoms with Crippen LogP contribution in [0.5, 0.6) is 0 Å². The topological polar surface area (TPSA) is 0 Å². The molecule has 0 saturated heterocycles. The monoisotopic (exact) mass is 634 g/mol. The first-order valence-electron chi connectivity index (χ1n) is 10.3. The molecule has 10 atom stereocenters. The molecule has 4 fully saturated rings. The van der Waals surface area contributed by atoms with E-state index in [1.165, 1.54) is 0 Å². The molecule has 0 nitrogen and oxygen atoms in total. The summed E-state index contributed by atoms with van der Waals surface area (Å²) in [6, 6.07) is 0. The minimum atomic E-state index is -3.13. The Morgan fingerprint density at radius 2 is 0.964 bits per heavy atom. The summed E-state index contributed by atoms with van der Waals surface area (Å²) in [4.78, 5) is 0. The van der Waals surface area contributed by atoms with Crippen LogP contribution in [0.4, 0.5) is 26.3 Å². The minimum absolute atomic E-state index is 0.0110. The quantitative estimate of drug-likeness (QED) is 0.173. The van der Waals surface area contributed by atoms with Crippen molar-refractivity contribution in [2.75, 3.05) is 0 Å². The molecular weight excluding hydrogens is 608 g/mol. The molecule has 0 spiro atoms. The molecule has 162 valence electrons. The van der Waals surface area contributed by atoms with Crippen molar-refractivity contribution in [2.45, 2.75) is 83.4 Å². The molecule has 0 bridgehead atoms. The average Bonchev–Trinajstić information content (AvgIpc) is 2.94. The third-order valence-electron chi connectivity index (χ3n) is 7.89. The lowest BCUT2D eigenvalue weighted by Crippen LogP contribution is -2.42. The van der Waals surface area contributed by atoms with E-state index in [4.69, 9.17) is 0 Å². The van der Waals surface area contributed by atoms with Crippen molar-refractivity contribution < 1.29 is 26.3 Å². The number of alkyl halides is 8. The summed E-state index contributed by atoms with van der Waals surface area (Å²) in [7, 11) is 0. The summed E-state index contributed by atoms with van der Waals surface area (Å²) in [6.45, 7) is 0. The number of hydrogen-bond donors (Lipinski definition) is 0. The first-order chi connectivity index (χ1) is 13.0. The normalized spacial score (nSPS) is 52.3. The second-order valence-corrected chi connectivity index (χ2v) is 13.1. The summed E-state index contributed by atoms with van der Waals surface area (Å²) in [5.41, 5.74) is 0. The summed E-state index contributed by atoms with van der Waals surface area (Å²) in [5, 5.41) is 0. The first-order valence-corrected chi connectivity index (χ1v) is 12.8. The van der Waals surface area contributed by atoms with Gasteiger partial charge in [0.1, 0.15) is 12.3 Å². The van der Waals surface area contributed by atoms with Crippen molar-refractivity contribution in [1.29, 1.82) is 0 Å². The smallest absolute Gasteiger partial charge is 0.247 e. The fourth-order valence-corrected chi connectivity index (χ4v) is 9.00. The van der Waals surface area contributed by atoms with Gasteiger partial charge in [-0.15, -0.1) is 0 Å². The van der Waals surface area contributed by atoms with Gasteiger partial charge < -0.3 is 0 Å². The van der Waals surface area contributed by atoms with Gasteiger partial charge in [-0.25, -0.2) is 26.3 Å². The van der Waals surface area contributed by atoms with E-state index in [1.807, 2.05) is 0 Å². The minimum Gasteiger partial charge on any atom is -0.247 e. The Kier molecular flexibility index (Phi) is 6.25. The predicted molar refractivity (Wildman–Crippen MR) is 113 cm³/mol. The first kappa shape index (κ1) is 22.2. The van der Waals surface area contributed by atoms with Crippen LogP contribution in [-0.2, 0) is 0 Å². The molecule has 4 saturated carbocycles. The fourth-order valence-electron chi connectivity index (χ4n) is 6.72. The van der Waals surface area contributed by atoms with Gasteiger partial charge in [-0.1, -0.05) is 45.2 Å². The zero-order valence-corrected chi connectivity index (χ0v) is 19.8. The number of fused-ring (bicyclic) bond motifs is 2. The molecule has 0 aliphatic heterocycles. The van der Waals surface area contributed by atoms with E-state index in [-0.39, 0.29) is 58.2 Å². The van der Waals surface area contributed by atoms with Gasteiger partial charge in [-0.3, -0.25) is 0 Å². The summed E-state index contributed by atoms with van der Waals surface area (Å²) < 4.78 is 88.5. The van der Waals surface area contributed by atoms with Crippen molar-refractivity contribution >= 4 is 45.2 Å². The molecule has 0 heterocycles. The van der Waals surface area contributed by atoms with Gasteiger partial charge in [0.05, 0.1) is 11.8 Å². The summed E-state index contributed by atoms with van der Waals surface area (Å²) in [6.07, 6.45) is -1.11. The molecule has 0 aromatic heterocycles. The molecule has 0 aromatic rings. The van der Waals surface area contributed by atoms with Crippen LogP contribution in [0, 0.1) is 35.5 Å². The number of halogens is 8. The van der Waals surface area contributed by atoms with Crippen molar-refractivity contribution in [3.8, 4) is 0 Å². The molecule has 28 heavy (non-hydrogen) atoms. The maximum atomic E-state index is 14.9. The highest BCUT2D eigenvalue weighted by Crippen LogP contribution is 2.60. The average molecular weight is 634 g/mol. The van der Waals surface area contributed by atoms with Crippen molar-refractivity contribution in [2.24, 2.45) is 35.5 Å². The van der Waals surface area contributed by atoms with E-state index < -0.39 is 47.9 Å². The van der Waals surface area contributed by atoms with Gasteiger partial charge in [0, 0.05) is 19.7 Å². The van der Waals surface area contributed by atoms with Crippen LogP contribution in [0.1, 0.15) is 51.4 Å². The highest BCUT2D eigenvalue weighted by atomic mass is 127. The Balaban J connectivity index is 1.43. The third-order valence-corrected chi connectivity index (χ3v) is 9.92. The number of rotatable bonds is 3. The fraction of sp³-hybridized carbons (Fsp3) is 1.00. The molecule has 0 radical (unpaired) electrons. The van der Waals surface area contributed by atoms with Crippen molar-refractivity contribution in [3.63, 3.8) is 0 Å². The Bertz CT molecular complexity index is 537. The molecule has 4 aliphatic rings. The van der Waals surface area contributed by atoms with E-state index >= 15 is 0 Å². The zero-order valence-electron chi connectivity index (χ0n) is 15.5. The lowest BCUT2D eigenvalue weighted by molar-refractivity contribution is -0.126. The van der Waals surface area contributed by atoms with E-state index in [0.29, 0.717) is 12.8 Å². The lowest BCUT2D eigenvalue weighted by Gasteiger charge is -2.35. The Labute approximate surface area is 189 Å². The molecule has 4 aliphatic carbocycles. The van der Waals surface area contributed by atoms with E-state index in [2.05, 4.69) is 45.2 Å². The molecule has 8 heteroatoms. The van der Waals surface area contributed by atoms with Gasteiger partial charge in [0.2, 0.25) is 0 Å². The maximum Gasteiger partial charge on any atom is 0.256 e. The molecule has 0 N–H and O–H groups in total. The van der Waals surface area contributed by atoms with Crippen LogP contribution in [0.3, 0.4) is 0 Å². The lowest BCUT2D eigenvalue weighted by atomic mass is 9.79. The predicted octanol–water partition coefficient (Wildman–Crippen LogP) is 7.41. The van der Waals surface area contributed by atoms with Crippen LogP contribution >= 0.6 is 45.2 Å². The standard InChI is InChI=1S/C20H26F6I2/c21-15-7-13(27)5-9-3-11(19(23,24)17(9)15)1-2-12-4-10-6-14(28)8-16(22)18(10)20(12,25)26/h9-18H,1-8H2. The highest BCUT2D eigenvalue weighted by molar-refractivity contribution is 14.1. The van der Waals surface area contributed by atoms with Gasteiger partial charge in [-0.05, 0) is 63.2 Å². The molecule has 0 amide bonds. The Hall–Kier alpha value is 1.04. The Morgan fingerprint density at radius 3 is 1.32 bits per heavy atom. The van der Waals surface area contributed by atoms with Crippen LogP contribution < -0.4 is 0 Å². The highest BCUT2D eigenvalue weighted by Gasteiger charge is 2.64. The molecule has 0 aromatic carbocycles. The zero-order chi connectivity index (χ0) is 20.4. The maximum absolute atomic E-state index is 14.9. The summed E-state index contributed by atoms with van der Waals surface area (Å²) >= 11 is 4.25. The van der Waals surface area contributed by atoms with Crippen LogP contribution in [0.15, 0.2) is 0 Å². The van der Waals surface area contributed by atoms with Crippen molar-refractivity contribution in [3.05, 3.63) is 0 Å². The van der Waals surface area contributed by atoms with Gasteiger partial charge in [0.15, 0.2) is 0 Å². The molecule has 4 rings (SSSR count). The largest absolute Gasteiger partial charge is 0.256 e. The van der Waals surface area contributed by atoms with E-state index in [0.717, 1.165) is 0 Å². The van der Waals surface area contributed by atoms with E-state index in [9.17, 15) is 26.3 Å². The van der Waals surface area contributed by atoms with Crippen LogP contribution in [0.2, 0.25) is 0 Å². The second kappa shape index (κ2) is 7.87. The van der Waals surface area contributed by atoms with E-state index in [1.54, 1.807) is 0 Å². The second-order valence-electron chi connectivity index (χ2n) is 9.53. The number of hydrogen-bond acceptors (Lipinski definition) is 0. The SMILES string of the molecule is FC1CC(I)CC2CC(CCC3CC4CC(I)CC(F)C4C3(F)F)C(F)(F)C12. The summed E-state index contributed by atoms with van der Waals surface area (Å²) in [5.74, 6) is -11.5. The van der Waals surface area contributed by atoms with Crippen molar-refractivity contribution in [1.82, 2.24) is 0 Å². The van der Waals surface area contributed by atoms with Gasteiger partial charge in [0.25, 0.3) is 11.8 Å². The van der Waals surface area contributed by atoms with Gasteiger partial charge in [-0.2, -0.15) is 0 Å². The molecular formula is C20H26F6I2. The van der Waals surface area contributed by atoms with Gasteiger partial charge >= 0.3 is 0 Å².